The summed E-state index contributed by atoms with van der Waals surface area (Å²) in [6.07, 6.45) is 0. The summed E-state index contributed by atoms with van der Waals surface area (Å²) in [7, 11) is 0. The summed E-state index contributed by atoms with van der Waals surface area (Å²) in [5, 5.41) is 0. The van der Waals surface area contributed by atoms with Crippen molar-refractivity contribution in [3.8, 4) is 107 Å². The molecule has 102 valence electrons. The number of rotatable bonds is 0. The van der Waals surface area contributed by atoms with Crippen LogP contribution in [-0.4, -0.2) is 0 Å². The molecule has 0 saturated heterocycles. The molecule has 5 rings (SSSR count). The zero-order valence-electron chi connectivity index (χ0n) is 12.5. The maximum atomic E-state index is 3.08. The lowest BCUT2D eigenvalue weighted by molar-refractivity contribution is 1.14. The van der Waals surface area contributed by atoms with Gasteiger partial charge in [0, 0.05) is 0 Å². The van der Waals surface area contributed by atoms with E-state index < -0.39 is 0 Å². The highest BCUT2D eigenvalue weighted by Gasteiger charge is 2.09. The van der Waals surface area contributed by atoms with Crippen LogP contribution in [0.15, 0.2) is 0 Å². The van der Waals surface area contributed by atoms with E-state index in [4.69, 9.17) is 0 Å². The molecule has 0 radical (unpaired) electrons. The van der Waals surface area contributed by atoms with Gasteiger partial charge in [-0.05, 0) is 0 Å². The van der Waals surface area contributed by atoms with Crippen molar-refractivity contribution in [2.75, 3.05) is 0 Å². The molecule has 0 saturated carbocycles. The van der Waals surface area contributed by atoms with Crippen LogP contribution in [0.3, 0.4) is 0 Å². The van der Waals surface area contributed by atoms with Crippen molar-refractivity contribution in [3.63, 3.8) is 0 Å². The van der Waals surface area contributed by atoms with Crippen molar-refractivity contribution in [3.05, 3.63) is 0 Å². The van der Waals surface area contributed by atoms with Crippen LogP contribution in [0.1, 0.15) is 0 Å². The van der Waals surface area contributed by atoms with Crippen LogP contribution in [0.2, 0.25) is 0 Å². The first-order valence-electron chi connectivity index (χ1n) is 7.45. The standard InChI is InChI=1S/C24H6/c1-2-20-5-6-21-4-3-19(1)13-14-22-7-9-23(16-15-20)11-12-24(10-8-22)18-17-21/h19-24H. The zero-order chi connectivity index (χ0) is 16.2. The zero-order valence-corrected chi connectivity index (χ0v) is 12.5. The first-order valence-corrected chi connectivity index (χ1v) is 7.45. The van der Waals surface area contributed by atoms with E-state index in [1.807, 2.05) is 0 Å². The molecule has 0 nitrogen and oxygen atoms in total. The van der Waals surface area contributed by atoms with Gasteiger partial charge in [0.05, 0.1) is 0 Å². The van der Waals surface area contributed by atoms with Crippen LogP contribution in [0, 0.1) is 142 Å². The van der Waals surface area contributed by atoms with Crippen LogP contribution in [0.4, 0.5) is 0 Å². The SMILES string of the molecule is C1#CC2C#CC3C#CC1C#CC1C#CC(C#CC(C#C1)C#C3)C#C2. The van der Waals surface area contributed by atoms with E-state index in [1.165, 1.54) is 0 Å². The lowest BCUT2D eigenvalue weighted by atomic mass is 10.0. The normalized spacial score (nSPS) is 33.0. The Morgan fingerprint density at radius 3 is 0.333 bits per heavy atom. The minimum atomic E-state index is -0.377. The summed E-state index contributed by atoms with van der Waals surface area (Å²) in [4.78, 5) is 0. The first kappa shape index (κ1) is 13.7. The number of hydrogen-bond donors (Lipinski definition) is 0. The Kier molecular flexibility index (Phi) is 3.44. The Labute approximate surface area is 142 Å². The maximum absolute atomic E-state index is 3.08. The molecule has 0 spiro atoms. The molecule has 0 amide bonds. The summed E-state index contributed by atoms with van der Waals surface area (Å²) in [5.74, 6) is 53.0. The molecule has 24 heavy (non-hydrogen) atoms. The Morgan fingerprint density at radius 2 is 0.250 bits per heavy atom. The van der Waals surface area contributed by atoms with Crippen molar-refractivity contribution in [1.29, 1.82) is 0 Å². The van der Waals surface area contributed by atoms with Gasteiger partial charge in [0.25, 0.3) is 0 Å². The average Bonchev–Trinajstić information content (AvgIpc) is 2.72. The Morgan fingerprint density at radius 1 is 0.167 bits per heavy atom. The second-order valence-corrected chi connectivity index (χ2v) is 5.20. The topological polar surface area (TPSA) is 0 Å². The maximum Gasteiger partial charge on any atom is 0.141 e. The van der Waals surface area contributed by atoms with Gasteiger partial charge in [0.1, 0.15) is 35.5 Å². The van der Waals surface area contributed by atoms with E-state index >= 15 is 0 Å². The van der Waals surface area contributed by atoms with Crippen molar-refractivity contribution in [1.82, 2.24) is 0 Å². The first-order chi connectivity index (χ1) is 11.8. The predicted molar refractivity (Wildman–Crippen MR) is 90.9 cm³/mol. The highest BCUT2D eigenvalue weighted by molar-refractivity contribution is 5.48. The van der Waals surface area contributed by atoms with E-state index in [2.05, 4.69) is 107 Å². The van der Waals surface area contributed by atoms with Crippen molar-refractivity contribution in [2.45, 2.75) is 0 Å². The monoisotopic (exact) mass is 294 g/mol. The molecule has 5 aliphatic carbocycles. The molecule has 0 atom stereocenters. The molecule has 0 aliphatic heterocycles. The molecule has 0 N–H and O–H groups in total. The van der Waals surface area contributed by atoms with Gasteiger partial charge < -0.3 is 0 Å². The summed E-state index contributed by atoms with van der Waals surface area (Å²) < 4.78 is 0. The summed E-state index contributed by atoms with van der Waals surface area (Å²) >= 11 is 0. The van der Waals surface area contributed by atoms with Gasteiger partial charge in [-0.2, -0.15) is 0 Å². The lowest BCUT2D eigenvalue weighted by Gasteiger charge is -1.96. The molecule has 0 unspecified atom stereocenters. The van der Waals surface area contributed by atoms with E-state index in [-0.39, 0.29) is 35.5 Å². The third-order valence-corrected chi connectivity index (χ3v) is 3.35. The second kappa shape index (κ2) is 6.04. The summed E-state index contributed by atoms with van der Waals surface area (Å²) in [6.45, 7) is 0. The van der Waals surface area contributed by atoms with Crippen LogP contribution < -0.4 is 0 Å². The van der Waals surface area contributed by atoms with Crippen molar-refractivity contribution in [2.24, 2.45) is 35.5 Å². The van der Waals surface area contributed by atoms with Gasteiger partial charge in [-0.15, -0.1) is 0 Å². The second-order valence-electron chi connectivity index (χ2n) is 5.20. The average molecular weight is 294 g/mol. The molecule has 0 heterocycles. The molecule has 0 aromatic carbocycles. The van der Waals surface area contributed by atoms with E-state index in [9.17, 15) is 0 Å². The van der Waals surface area contributed by atoms with Gasteiger partial charge >= 0.3 is 0 Å². The fourth-order valence-corrected chi connectivity index (χ4v) is 2.15. The molecule has 0 fully saturated rings. The smallest absolute Gasteiger partial charge is 0.0711 e. The highest BCUT2D eigenvalue weighted by atomic mass is 14.1. The largest absolute Gasteiger partial charge is 0.141 e. The fourth-order valence-electron chi connectivity index (χ4n) is 2.15. The Bertz CT molecular complexity index is 889. The Hall–Kier alpha value is -3.96. The summed E-state index contributed by atoms with van der Waals surface area (Å²) in [5.41, 5.74) is 0. The molecule has 0 heteroatoms. The molecule has 5 aliphatic rings. The lowest BCUT2D eigenvalue weighted by Crippen LogP contribution is -1.98. The van der Waals surface area contributed by atoms with Crippen LogP contribution in [-0.2, 0) is 0 Å². The predicted octanol–water partition coefficient (Wildman–Crippen LogP) is 0.769. The number of hydrogen-bond acceptors (Lipinski definition) is 0. The molecule has 0 aromatic rings. The molecular weight excluding hydrogens is 288 g/mol. The third-order valence-electron chi connectivity index (χ3n) is 3.35. The van der Waals surface area contributed by atoms with Gasteiger partial charge in [-0.25, -0.2) is 0 Å². The molecule has 6 bridgehead atoms. The van der Waals surface area contributed by atoms with Gasteiger partial charge in [-0.1, -0.05) is 107 Å². The van der Waals surface area contributed by atoms with E-state index in [1.54, 1.807) is 0 Å². The van der Waals surface area contributed by atoms with Crippen molar-refractivity contribution < 1.29 is 0 Å². The van der Waals surface area contributed by atoms with Crippen molar-refractivity contribution >= 4 is 0 Å². The fraction of sp³-hybridized carbons (Fsp3) is 0.250. The van der Waals surface area contributed by atoms with Crippen LogP contribution in [0.5, 0.6) is 0 Å². The van der Waals surface area contributed by atoms with E-state index in [0.29, 0.717) is 0 Å². The van der Waals surface area contributed by atoms with Crippen LogP contribution in [0.25, 0.3) is 0 Å². The van der Waals surface area contributed by atoms with Crippen LogP contribution >= 0.6 is 0 Å². The molecular formula is C24H6. The van der Waals surface area contributed by atoms with Gasteiger partial charge in [0.15, 0.2) is 0 Å². The quantitative estimate of drug-likeness (QED) is 0.579. The van der Waals surface area contributed by atoms with E-state index in [0.717, 1.165) is 0 Å². The molecule has 0 aromatic heterocycles. The highest BCUT2D eigenvalue weighted by Crippen LogP contribution is 2.07. The minimum Gasteiger partial charge on any atom is -0.0711 e. The van der Waals surface area contributed by atoms with Gasteiger partial charge in [0.2, 0.25) is 0 Å². The summed E-state index contributed by atoms with van der Waals surface area (Å²) in [6, 6.07) is 0. The van der Waals surface area contributed by atoms with Gasteiger partial charge in [-0.3, -0.25) is 0 Å². The third kappa shape index (κ3) is 3.11. The Balaban J connectivity index is 2.03. The minimum absolute atomic E-state index is 0.377.